The van der Waals surface area contributed by atoms with Crippen LogP contribution >= 0.6 is 22.6 Å². The minimum absolute atomic E-state index is 0.0660. The van der Waals surface area contributed by atoms with E-state index in [2.05, 4.69) is 22.6 Å². The van der Waals surface area contributed by atoms with Crippen LogP contribution in [0.3, 0.4) is 0 Å². The van der Waals surface area contributed by atoms with Crippen LogP contribution in [-0.4, -0.2) is 6.04 Å². The molecule has 0 aliphatic heterocycles. The molecule has 0 radical (unpaired) electrons. The molecular weight excluding hydrogens is 368 g/mol. The summed E-state index contributed by atoms with van der Waals surface area (Å²) in [7, 11) is 0. The Morgan fingerprint density at radius 1 is 1.20 bits per heavy atom. The maximum absolute atomic E-state index is 14.1. The monoisotopic (exact) mass is 385 g/mol. The Labute approximate surface area is 132 Å². The standard InChI is InChI=1S/C16H17FINO/c1-2-12(19)9-11-7-8-15(13(17)10-11)20-16-6-4-3-5-14(16)18/h3-8,10,12H,2,9,19H2,1H3. The topological polar surface area (TPSA) is 35.2 Å². The van der Waals surface area contributed by atoms with E-state index < -0.39 is 0 Å². The van der Waals surface area contributed by atoms with Crippen molar-refractivity contribution in [2.75, 3.05) is 0 Å². The van der Waals surface area contributed by atoms with Gasteiger partial charge in [-0.05, 0) is 65.3 Å². The van der Waals surface area contributed by atoms with Crippen molar-refractivity contribution >= 4 is 22.6 Å². The molecule has 1 atom stereocenters. The van der Waals surface area contributed by atoms with Crippen molar-refractivity contribution in [3.8, 4) is 11.5 Å². The maximum Gasteiger partial charge on any atom is 0.165 e. The smallest absolute Gasteiger partial charge is 0.165 e. The fraction of sp³-hybridized carbons (Fsp3) is 0.250. The lowest BCUT2D eigenvalue weighted by atomic mass is 10.0. The molecule has 2 aromatic rings. The van der Waals surface area contributed by atoms with E-state index in [0.29, 0.717) is 12.2 Å². The van der Waals surface area contributed by atoms with Crippen LogP contribution in [0.2, 0.25) is 0 Å². The second-order valence-electron chi connectivity index (χ2n) is 4.67. The highest BCUT2D eigenvalue weighted by Crippen LogP contribution is 2.28. The maximum atomic E-state index is 14.1. The number of hydrogen-bond donors (Lipinski definition) is 1. The van der Waals surface area contributed by atoms with Gasteiger partial charge in [0.05, 0.1) is 3.57 Å². The average Bonchev–Trinajstić information content (AvgIpc) is 2.44. The Morgan fingerprint density at radius 3 is 2.60 bits per heavy atom. The van der Waals surface area contributed by atoms with E-state index in [1.807, 2.05) is 37.3 Å². The van der Waals surface area contributed by atoms with E-state index in [0.717, 1.165) is 15.6 Å². The summed E-state index contributed by atoms with van der Waals surface area (Å²) in [6.07, 6.45) is 1.55. The molecule has 0 fully saturated rings. The molecule has 2 N–H and O–H groups in total. The Morgan fingerprint density at radius 2 is 1.95 bits per heavy atom. The first-order chi connectivity index (χ1) is 9.60. The molecule has 0 saturated heterocycles. The first-order valence-corrected chi connectivity index (χ1v) is 7.64. The zero-order valence-corrected chi connectivity index (χ0v) is 13.4. The van der Waals surface area contributed by atoms with Gasteiger partial charge in [-0.3, -0.25) is 0 Å². The van der Waals surface area contributed by atoms with Crippen LogP contribution in [0.15, 0.2) is 42.5 Å². The van der Waals surface area contributed by atoms with Gasteiger partial charge in [-0.2, -0.15) is 0 Å². The first kappa shape index (κ1) is 15.3. The van der Waals surface area contributed by atoms with Gasteiger partial charge in [-0.1, -0.05) is 25.1 Å². The van der Waals surface area contributed by atoms with Crippen LogP contribution < -0.4 is 10.5 Å². The average molecular weight is 385 g/mol. The van der Waals surface area contributed by atoms with Crippen LogP contribution in [0.1, 0.15) is 18.9 Å². The Bertz CT molecular complexity index is 588. The summed E-state index contributed by atoms with van der Waals surface area (Å²) in [6, 6.07) is 12.6. The molecule has 20 heavy (non-hydrogen) atoms. The summed E-state index contributed by atoms with van der Waals surface area (Å²) >= 11 is 2.16. The van der Waals surface area contributed by atoms with Crippen LogP contribution in [-0.2, 0) is 6.42 Å². The minimum Gasteiger partial charge on any atom is -0.453 e. The molecule has 4 heteroatoms. The van der Waals surface area contributed by atoms with Gasteiger partial charge in [0.25, 0.3) is 0 Å². The number of benzene rings is 2. The molecule has 0 aliphatic rings. The summed E-state index contributed by atoms with van der Waals surface area (Å²) in [5.41, 5.74) is 6.78. The molecule has 0 spiro atoms. The van der Waals surface area contributed by atoms with Crippen molar-refractivity contribution in [3.63, 3.8) is 0 Å². The molecule has 106 valence electrons. The normalized spacial score (nSPS) is 12.2. The van der Waals surface area contributed by atoms with Gasteiger partial charge in [-0.15, -0.1) is 0 Å². The number of para-hydroxylation sites is 1. The highest BCUT2D eigenvalue weighted by molar-refractivity contribution is 14.1. The summed E-state index contributed by atoms with van der Waals surface area (Å²) in [6.45, 7) is 2.02. The quantitative estimate of drug-likeness (QED) is 0.770. The van der Waals surface area contributed by atoms with Gasteiger partial charge in [0.1, 0.15) is 5.75 Å². The van der Waals surface area contributed by atoms with Crippen LogP contribution in [0.25, 0.3) is 0 Å². The predicted octanol–water partition coefficient (Wildman–Crippen LogP) is 4.50. The summed E-state index contributed by atoms with van der Waals surface area (Å²) in [5, 5.41) is 0. The van der Waals surface area contributed by atoms with E-state index in [1.54, 1.807) is 6.07 Å². The lowest BCUT2D eigenvalue weighted by molar-refractivity contribution is 0.439. The lowest BCUT2D eigenvalue weighted by Gasteiger charge is -2.11. The van der Waals surface area contributed by atoms with Crippen molar-refractivity contribution < 1.29 is 9.13 Å². The zero-order valence-electron chi connectivity index (χ0n) is 11.3. The number of rotatable bonds is 5. The molecular formula is C16H17FINO. The lowest BCUT2D eigenvalue weighted by Crippen LogP contribution is -2.21. The summed E-state index contributed by atoms with van der Waals surface area (Å²) in [4.78, 5) is 0. The van der Waals surface area contributed by atoms with Gasteiger partial charge >= 0.3 is 0 Å². The number of nitrogens with two attached hydrogens (primary N) is 1. The third kappa shape index (κ3) is 3.93. The second kappa shape index (κ2) is 7.04. The van der Waals surface area contributed by atoms with Crippen molar-refractivity contribution in [1.29, 1.82) is 0 Å². The van der Waals surface area contributed by atoms with E-state index >= 15 is 0 Å². The van der Waals surface area contributed by atoms with E-state index in [4.69, 9.17) is 10.5 Å². The van der Waals surface area contributed by atoms with Gasteiger partial charge in [0.15, 0.2) is 11.6 Å². The molecule has 0 aromatic heterocycles. The number of hydrogen-bond acceptors (Lipinski definition) is 2. The summed E-state index contributed by atoms with van der Waals surface area (Å²) in [5.74, 6) is 0.540. The SMILES string of the molecule is CCC(N)Cc1ccc(Oc2ccccc2I)c(F)c1. The molecule has 0 aliphatic carbocycles. The molecule has 2 aromatic carbocycles. The van der Waals surface area contributed by atoms with Gasteiger partial charge < -0.3 is 10.5 Å². The predicted molar refractivity (Wildman–Crippen MR) is 87.6 cm³/mol. The Hall–Kier alpha value is -1.14. The van der Waals surface area contributed by atoms with Crippen molar-refractivity contribution in [3.05, 3.63) is 57.4 Å². The minimum atomic E-state index is -0.356. The van der Waals surface area contributed by atoms with Gasteiger partial charge in [0.2, 0.25) is 0 Å². The van der Waals surface area contributed by atoms with Gasteiger partial charge in [-0.25, -0.2) is 4.39 Å². The van der Waals surface area contributed by atoms with Crippen molar-refractivity contribution in [2.45, 2.75) is 25.8 Å². The van der Waals surface area contributed by atoms with E-state index in [1.165, 1.54) is 6.07 Å². The van der Waals surface area contributed by atoms with Crippen LogP contribution in [0.4, 0.5) is 4.39 Å². The largest absolute Gasteiger partial charge is 0.453 e. The molecule has 0 bridgehead atoms. The zero-order chi connectivity index (χ0) is 14.5. The Balaban J connectivity index is 2.16. The molecule has 2 nitrogen and oxygen atoms in total. The second-order valence-corrected chi connectivity index (χ2v) is 5.83. The third-order valence-corrected chi connectivity index (χ3v) is 3.97. The fourth-order valence-corrected chi connectivity index (χ4v) is 2.34. The van der Waals surface area contributed by atoms with E-state index in [9.17, 15) is 4.39 Å². The number of ether oxygens (including phenoxy) is 1. The molecule has 0 heterocycles. The van der Waals surface area contributed by atoms with Crippen LogP contribution in [0, 0.1) is 9.39 Å². The molecule has 1 unspecified atom stereocenters. The fourth-order valence-electron chi connectivity index (χ4n) is 1.85. The molecule has 0 amide bonds. The van der Waals surface area contributed by atoms with Crippen molar-refractivity contribution in [2.24, 2.45) is 5.73 Å². The molecule has 2 rings (SSSR count). The summed E-state index contributed by atoms with van der Waals surface area (Å²) < 4.78 is 20.6. The highest BCUT2D eigenvalue weighted by Gasteiger charge is 2.09. The number of halogens is 2. The highest BCUT2D eigenvalue weighted by atomic mass is 127. The van der Waals surface area contributed by atoms with Gasteiger partial charge in [0, 0.05) is 6.04 Å². The van der Waals surface area contributed by atoms with Crippen LogP contribution in [0.5, 0.6) is 11.5 Å². The first-order valence-electron chi connectivity index (χ1n) is 6.56. The van der Waals surface area contributed by atoms with Crippen molar-refractivity contribution in [1.82, 2.24) is 0 Å². The Kier molecular flexibility index (Phi) is 5.37. The molecule has 0 saturated carbocycles. The third-order valence-electron chi connectivity index (χ3n) is 3.08. The van der Waals surface area contributed by atoms with E-state index in [-0.39, 0.29) is 17.6 Å².